The molecule has 0 saturated carbocycles. The van der Waals surface area contributed by atoms with Crippen molar-refractivity contribution < 1.29 is 14.1 Å². The van der Waals surface area contributed by atoms with Crippen LogP contribution in [-0.4, -0.2) is 48.3 Å². The normalized spacial score (nSPS) is 18.7. The molecule has 1 aliphatic heterocycles. The summed E-state index contributed by atoms with van der Waals surface area (Å²) in [4.78, 5) is 14.3. The lowest BCUT2D eigenvalue weighted by Gasteiger charge is -2.21. The molecule has 1 fully saturated rings. The quantitative estimate of drug-likeness (QED) is 0.929. The number of hydrogen-bond donors (Lipinski definition) is 1. The summed E-state index contributed by atoms with van der Waals surface area (Å²) in [6.45, 7) is 2.05. The molecule has 3 rings (SSSR count). The van der Waals surface area contributed by atoms with E-state index < -0.39 is 0 Å². The predicted octanol–water partition coefficient (Wildman–Crippen LogP) is 2.18. The molecule has 6 nitrogen and oxygen atoms in total. The van der Waals surface area contributed by atoms with Crippen LogP contribution in [0.25, 0.3) is 11.3 Å². The van der Waals surface area contributed by atoms with Gasteiger partial charge in [0.1, 0.15) is 5.69 Å². The highest BCUT2D eigenvalue weighted by Crippen LogP contribution is 2.27. The van der Waals surface area contributed by atoms with Crippen molar-refractivity contribution in [2.75, 3.05) is 26.2 Å². The van der Waals surface area contributed by atoms with Gasteiger partial charge in [-0.05, 0) is 12.5 Å². The van der Waals surface area contributed by atoms with Crippen molar-refractivity contribution in [3.8, 4) is 11.3 Å². The van der Waals surface area contributed by atoms with Gasteiger partial charge in [-0.25, -0.2) is 0 Å². The number of benzene rings is 1. The van der Waals surface area contributed by atoms with Gasteiger partial charge in [0.25, 0.3) is 5.91 Å². The third-order valence-corrected chi connectivity index (χ3v) is 4.10. The van der Waals surface area contributed by atoms with Crippen molar-refractivity contribution in [3.63, 3.8) is 0 Å². The first-order valence-electron chi connectivity index (χ1n) is 7.51. The predicted molar refractivity (Wildman–Crippen MR) is 86.3 cm³/mol. The molecule has 1 atom stereocenters. The maximum atomic E-state index is 12.6. The van der Waals surface area contributed by atoms with Crippen molar-refractivity contribution >= 4 is 17.5 Å². The van der Waals surface area contributed by atoms with Gasteiger partial charge in [-0.1, -0.05) is 35.0 Å². The number of rotatable bonds is 3. The second-order valence-corrected chi connectivity index (χ2v) is 5.80. The van der Waals surface area contributed by atoms with E-state index in [-0.39, 0.29) is 17.8 Å². The molecule has 122 valence electrons. The monoisotopic (exact) mass is 335 g/mol. The summed E-state index contributed by atoms with van der Waals surface area (Å²) in [5, 5.41) is 4.52. The first-order valence-corrected chi connectivity index (χ1v) is 7.89. The number of nitrogens with two attached hydrogens (primary N) is 1. The Bertz CT molecular complexity index is 689. The zero-order valence-electron chi connectivity index (χ0n) is 12.6. The van der Waals surface area contributed by atoms with Crippen molar-refractivity contribution in [2.45, 2.75) is 12.5 Å². The van der Waals surface area contributed by atoms with Crippen LogP contribution < -0.4 is 5.73 Å². The first kappa shape index (κ1) is 16.0. The average Bonchev–Trinajstić information content (AvgIpc) is 2.92. The van der Waals surface area contributed by atoms with Crippen LogP contribution in [0, 0.1) is 0 Å². The van der Waals surface area contributed by atoms with Crippen molar-refractivity contribution in [1.29, 1.82) is 0 Å². The SMILES string of the molecule is NCC1CN(C(=O)c2cc(-c3ccccc3Cl)no2)CCCO1. The van der Waals surface area contributed by atoms with Gasteiger partial charge in [0.2, 0.25) is 5.76 Å². The van der Waals surface area contributed by atoms with Crippen molar-refractivity contribution in [3.05, 3.63) is 41.1 Å². The van der Waals surface area contributed by atoms with E-state index in [0.717, 1.165) is 12.0 Å². The van der Waals surface area contributed by atoms with E-state index in [1.165, 1.54) is 0 Å². The van der Waals surface area contributed by atoms with E-state index in [9.17, 15) is 4.79 Å². The Balaban J connectivity index is 1.79. The average molecular weight is 336 g/mol. The zero-order chi connectivity index (χ0) is 16.2. The summed E-state index contributed by atoms with van der Waals surface area (Å²) in [6, 6.07) is 8.91. The lowest BCUT2D eigenvalue weighted by atomic mass is 10.1. The summed E-state index contributed by atoms with van der Waals surface area (Å²) in [6.07, 6.45) is 0.626. The number of carbonyl (C=O) groups is 1. The maximum absolute atomic E-state index is 12.6. The van der Waals surface area contributed by atoms with E-state index in [1.807, 2.05) is 18.2 Å². The second kappa shape index (κ2) is 7.12. The zero-order valence-corrected chi connectivity index (χ0v) is 13.3. The van der Waals surface area contributed by atoms with Crippen LogP contribution in [-0.2, 0) is 4.74 Å². The van der Waals surface area contributed by atoms with Crippen molar-refractivity contribution in [1.82, 2.24) is 10.1 Å². The van der Waals surface area contributed by atoms with Gasteiger partial charge in [0, 0.05) is 37.9 Å². The highest BCUT2D eigenvalue weighted by Gasteiger charge is 2.25. The molecule has 1 saturated heterocycles. The number of aromatic nitrogens is 1. The molecule has 1 aromatic heterocycles. The van der Waals surface area contributed by atoms with Crippen LogP contribution in [0.1, 0.15) is 17.0 Å². The van der Waals surface area contributed by atoms with Crippen LogP contribution >= 0.6 is 11.6 Å². The summed E-state index contributed by atoms with van der Waals surface area (Å²) in [7, 11) is 0. The standard InChI is InChI=1S/C16H18ClN3O3/c17-13-5-2-1-4-12(13)14-8-15(23-19-14)16(21)20-6-3-7-22-11(9-18)10-20/h1-2,4-5,8,11H,3,6-7,9-10,18H2. The van der Waals surface area contributed by atoms with E-state index >= 15 is 0 Å². The Morgan fingerprint density at radius 2 is 2.26 bits per heavy atom. The Morgan fingerprint density at radius 3 is 3.04 bits per heavy atom. The van der Waals surface area contributed by atoms with Gasteiger partial charge in [0.05, 0.1) is 11.1 Å². The van der Waals surface area contributed by atoms with Gasteiger partial charge >= 0.3 is 0 Å². The Hall–Kier alpha value is -1.89. The van der Waals surface area contributed by atoms with Gasteiger partial charge in [-0.3, -0.25) is 4.79 Å². The number of hydrogen-bond acceptors (Lipinski definition) is 5. The summed E-state index contributed by atoms with van der Waals surface area (Å²) >= 11 is 6.15. The molecule has 1 aromatic carbocycles. The molecular formula is C16H18ClN3O3. The molecule has 2 aromatic rings. The Morgan fingerprint density at radius 1 is 1.43 bits per heavy atom. The second-order valence-electron chi connectivity index (χ2n) is 5.39. The van der Waals surface area contributed by atoms with Gasteiger partial charge in [-0.15, -0.1) is 0 Å². The van der Waals surface area contributed by atoms with Crippen molar-refractivity contribution in [2.24, 2.45) is 5.73 Å². The summed E-state index contributed by atoms with van der Waals surface area (Å²) < 4.78 is 10.8. The maximum Gasteiger partial charge on any atom is 0.292 e. The van der Waals surface area contributed by atoms with E-state index in [1.54, 1.807) is 17.0 Å². The number of nitrogens with zero attached hydrogens (tertiary/aromatic N) is 2. The third-order valence-electron chi connectivity index (χ3n) is 3.77. The Kier molecular flexibility index (Phi) is 4.95. The molecule has 2 heterocycles. The van der Waals surface area contributed by atoms with Crippen LogP contribution in [0.5, 0.6) is 0 Å². The molecule has 0 spiro atoms. The molecule has 0 radical (unpaired) electrons. The molecule has 0 bridgehead atoms. The number of ether oxygens (including phenoxy) is 1. The van der Waals surface area contributed by atoms with Crippen LogP contribution in [0.3, 0.4) is 0 Å². The molecule has 1 aliphatic rings. The number of carbonyl (C=O) groups excluding carboxylic acids is 1. The Labute approximate surface area is 139 Å². The minimum Gasteiger partial charge on any atom is -0.375 e. The van der Waals surface area contributed by atoms with Gasteiger partial charge in [-0.2, -0.15) is 0 Å². The molecular weight excluding hydrogens is 318 g/mol. The fraction of sp³-hybridized carbons (Fsp3) is 0.375. The van der Waals surface area contributed by atoms with E-state index in [0.29, 0.717) is 37.0 Å². The van der Waals surface area contributed by atoms with Gasteiger partial charge < -0.3 is 19.9 Å². The highest BCUT2D eigenvalue weighted by atomic mass is 35.5. The highest BCUT2D eigenvalue weighted by molar-refractivity contribution is 6.33. The summed E-state index contributed by atoms with van der Waals surface area (Å²) in [5.41, 5.74) is 6.93. The molecule has 7 heteroatoms. The summed E-state index contributed by atoms with van der Waals surface area (Å²) in [5.74, 6) is -0.0163. The van der Waals surface area contributed by atoms with Gasteiger partial charge in [0.15, 0.2) is 0 Å². The lowest BCUT2D eigenvalue weighted by molar-refractivity contribution is 0.0500. The van der Waals surface area contributed by atoms with E-state index in [2.05, 4.69) is 5.16 Å². The minimum atomic E-state index is -0.209. The minimum absolute atomic E-state index is 0.146. The molecule has 1 amide bonds. The number of amides is 1. The molecule has 2 N–H and O–H groups in total. The van der Waals surface area contributed by atoms with Crippen LogP contribution in [0.4, 0.5) is 0 Å². The topological polar surface area (TPSA) is 81.6 Å². The number of halogens is 1. The lowest BCUT2D eigenvalue weighted by Crippen LogP contribution is -2.39. The molecule has 0 aliphatic carbocycles. The molecule has 23 heavy (non-hydrogen) atoms. The first-order chi connectivity index (χ1) is 11.2. The van der Waals surface area contributed by atoms with Crippen LogP contribution in [0.15, 0.2) is 34.9 Å². The molecule has 1 unspecified atom stereocenters. The third kappa shape index (κ3) is 3.55. The largest absolute Gasteiger partial charge is 0.375 e. The van der Waals surface area contributed by atoms with E-state index in [4.69, 9.17) is 26.6 Å². The fourth-order valence-corrected chi connectivity index (χ4v) is 2.78. The van der Waals surface area contributed by atoms with Crippen LogP contribution in [0.2, 0.25) is 5.02 Å². The fourth-order valence-electron chi connectivity index (χ4n) is 2.55. The smallest absolute Gasteiger partial charge is 0.292 e.